The number of hydrogen-bond donors (Lipinski definition) is 3. The van der Waals surface area contributed by atoms with Crippen molar-refractivity contribution < 1.29 is 84.9 Å². The van der Waals surface area contributed by atoms with Gasteiger partial charge in [0.1, 0.15) is 26.0 Å². The molecule has 1 aromatic heterocycles. The van der Waals surface area contributed by atoms with Crippen LogP contribution in [0.25, 0.3) is 0 Å². The zero-order valence-corrected chi connectivity index (χ0v) is 25.3. The van der Waals surface area contributed by atoms with E-state index >= 15 is 0 Å². The standard InChI is InChI=1S/C17H27BrN2O13P2.Y/c1-8-13(32-12(15(8)29-2)6-31-35(26,27)28)7-34(24,25)30-5-11-10(21)3-14(33-11)20-4-9(18)16(22)19-17(20)23;/h4,8,10-15,21H,3,5-7H2,1-2H3,(H,24,25)(H,19,22,23)(H2,26,27,28);/p-2. The molecule has 2 fully saturated rings. The number of aliphatic hydroxyl groups excluding tert-OH is 1. The topological polar surface area (TPSA) is 222 Å². The van der Waals surface area contributed by atoms with E-state index in [-0.39, 0.29) is 43.6 Å². The van der Waals surface area contributed by atoms with E-state index in [1.807, 2.05) is 0 Å². The maximum atomic E-state index is 12.6. The summed E-state index contributed by atoms with van der Waals surface area (Å²) in [7, 11) is -8.21. The van der Waals surface area contributed by atoms with Gasteiger partial charge >= 0.3 is 5.69 Å². The molecule has 2 aliphatic heterocycles. The largest absolute Gasteiger partial charge is 0.778 e. The summed E-state index contributed by atoms with van der Waals surface area (Å²) in [6.45, 7) is 0.538. The summed E-state index contributed by atoms with van der Waals surface area (Å²) in [6, 6.07) is 0. The smallest absolute Gasteiger partial charge is 0.330 e. The molecule has 2 aliphatic rings. The van der Waals surface area contributed by atoms with E-state index in [0.29, 0.717) is 0 Å². The van der Waals surface area contributed by atoms with Gasteiger partial charge in [0.05, 0.1) is 36.0 Å². The molecule has 0 spiro atoms. The zero-order chi connectivity index (χ0) is 26.1. The van der Waals surface area contributed by atoms with Gasteiger partial charge in [0.2, 0.25) is 0 Å². The molecule has 0 saturated carbocycles. The first-order valence-electron chi connectivity index (χ1n) is 10.4. The fraction of sp³-hybridized carbons (Fsp3) is 0.765. The second kappa shape index (κ2) is 13.1. The molecule has 0 aliphatic carbocycles. The molecule has 3 N–H and O–H groups in total. The first-order chi connectivity index (χ1) is 16.2. The monoisotopic (exact) mass is 695 g/mol. The molecule has 9 unspecified atom stereocenters. The fourth-order valence-electron chi connectivity index (χ4n) is 4.02. The third-order valence-electron chi connectivity index (χ3n) is 5.77. The van der Waals surface area contributed by atoms with E-state index in [9.17, 15) is 33.6 Å². The van der Waals surface area contributed by atoms with Crippen LogP contribution in [0.5, 0.6) is 0 Å². The second-order valence-corrected chi connectivity index (χ2v) is 12.1. The summed E-state index contributed by atoms with van der Waals surface area (Å²) >= 11 is 3.00. The first kappa shape index (κ1) is 32.6. The third-order valence-corrected chi connectivity index (χ3v) is 8.16. The summed E-state index contributed by atoms with van der Waals surface area (Å²) < 4.78 is 50.4. The molecule has 203 valence electrons. The Morgan fingerprint density at radius 3 is 2.44 bits per heavy atom. The Bertz CT molecular complexity index is 1110. The van der Waals surface area contributed by atoms with Crippen molar-refractivity contribution in [2.45, 2.75) is 50.1 Å². The number of nitrogens with zero attached hydrogens (tertiary/aromatic N) is 1. The molecule has 19 heteroatoms. The van der Waals surface area contributed by atoms with Crippen LogP contribution in [0.3, 0.4) is 0 Å². The van der Waals surface area contributed by atoms with E-state index in [2.05, 4.69) is 25.4 Å². The zero-order valence-electron chi connectivity index (χ0n) is 19.1. The number of rotatable bonds is 10. The van der Waals surface area contributed by atoms with Gasteiger partial charge in [-0.05, 0) is 15.9 Å². The van der Waals surface area contributed by atoms with E-state index < -0.39 is 88.7 Å². The van der Waals surface area contributed by atoms with Crippen molar-refractivity contribution in [3.05, 3.63) is 31.5 Å². The average Bonchev–Trinajstić information content (AvgIpc) is 3.26. The van der Waals surface area contributed by atoms with Crippen molar-refractivity contribution in [2.75, 3.05) is 26.5 Å². The summed E-state index contributed by atoms with van der Waals surface area (Å²) in [5.74, 6) is -0.493. The number of aromatic amines is 1. The van der Waals surface area contributed by atoms with Gasteiger partial charge in [0, 0.05) is 64.5 Å². The van der Waals surface area contributed by atoms with Gasteiger partial charge in [0.15, 0.2) is 0 Å². The van der Waals surface area contributed by atoms with Gasteiger partial charge < -0.3 is 47.6 Å². The molecule has 2 saturated heterocycles. The van der Waals surface area contributed by atoms with Gasteiger partial charge in [-0.25, -0.2) is 4.79 Å². The number of H-pyrrole nitrogens is 1. The molecule has 9 atom stereocenters. The number of nitrogens with one attached hydrogen (secondary N) is 1. The Hall–Kier alpha value is 0.364. The number of phosphoric ester groups is 1. The fourth-order valence-corrected chi connectivity index (χ4v) is 6.02. The van der Waals surface area contributed by atoms with Crippen LogP contribution in [0.15, 0.2) is 20.3 Å². The molecule has 0 bridgehead atoms. The van der Waals surface area contributed by atoms with Crippen molar-refractivity contribution in [2.24, 2.45) is 5.92 Å². The van der Waals surface area contributed by atoms with Crippen molar-refractivity contribution in [3.8, 4) is 0 Å². The van der Waals surface area contributed by atoms with Crippen LogP contribution in [-0.2, 0) is 65.1 Å². The molecule has 15 nitrogen and oxygen atoms in total. The third kappa shape index (κ3) is 8.43. The number of phosphoric acid groups is 1. The van der Waals surface area contributed by atoms with Crippen LogP contribution in [0.1, 0.15) is 19.6 Å². The quantitative estimate of drug-likeness (QED) is 0.235. The van der Waals surface area contributed by atoms with E-state index in [1.54, 1.807) is 6.92 Å². The molecule has 1 aromatic rings. The normalized spacial score (nSPS) is 33.6. The van der Waals surface area contributed by atoms with Gasteiger partial charge in [-0.15, -0.1) is 0 Å². The minimum Gasteiger partial charge on any atom is -0.778 e. The molecule has 3 rings (SSSR count). The minimum absolute atomic E-state index is 0. The number of aliphatic hydroxyl groups is 1. The van der Waals surface area contributed by atoms with Crippen molar-refractivity contribution >= 4 is 31.3 Å². The Balaban J connectivity index is 0.00000456. The van der Waals surface area contributed by atoms with Crippen molar-refractivity contribution in [1.82, 2.24) is 9.55 Å². The van der Waals surface area contributed by atoms with Gasteiger partial charge in [-0.3, -0.25) is 18.9 Å². The minimum atomic E-state index is -5.01. The Morgan fingerprint density at radius 2 is 1.83 bits per heavy atom. The maximum absolute atomic E-state index is 12.6. The molecule has 3 heterocycles. The molecule has 1 radical (unpaired) electrons. The van der Waals surface area contributed by atoms with Crippen molar-refractivity contribution in [1.29, 1.82) is 0 Å². The molecule has 0 aromatic carbocycles. The van der Waals surface area contributed by atoms with E-state index in [4.69, 9.17) is 23.6 Å². The number of aromatic nitrogens is 2. The number of ether oxygens (including phenoxy) is 3. The van der Waals surface area contributed by atoms with Crippen LogP contribution in [0.2, 0.25) is 0 Å². The van der Waals surface area contributed by atoms with Crippen LogP contribution >= 0.6 is 31.3 Å². The van der Waals surface area contributed by atoms with Gasteiger partial charge in [0.25, 0.3) is 13.4 Å². The second-order valence-electron chi connectivity index (χ2n) is 8.20. The Labute approximate surface area is 238 Å². The molecular formula is C17H25BrN2O13P2Y-2. The summed E-state index contributed by atoms with van der Waals surface area (Å²) in [6.07, 6.45) is -5.22. The Kier molecular flexibility index (Phi) is 11.9. The van der Waals surface area contributed by atoms with Crippen LogP contribution in [0, 0.1) is 5.92 Å². The number of halogens is 1. The summed E-state index contributed by atoms with van der Waals surface area (Å²) in [5.41, 5.74) is -1.40. The molecule has 36 heavy (non-hydrogen) atoms. The van der Waals surface area contributed by atoms with Gasteiger partial charge in [-0.1, -0.05) is 6.92 Å². The summed E-state index contributed by atoms with van der Waals surface area (Å²) in [5, 5.41) is 10.3. The van der Waals surface area contributed by atoms with Crippen molar-refractivity contribution in [3.63, 3.8) is 0 Å². The number of hydrogen-bond acceptors (Lipinski definition) is 12. The number of methoxy groups -OCH3 is 1. The maximum Gasteiger partial charge on any atom is 0.330 e. The SMILES string of the molecule is COC1C(COP(=O)([O-])O)OC(CP(=O)([O-])OCC2OC(n3cc(Br)c(=O)[nH]c3=O)CC2O)C1C.[Y]. The molecular weight excluding hydrogens is 671 g/mol. The predicted molar refractivity (Wildman–Crippen MR) is 116 cm³/mol. The van der Waals surface area contributed by atoms with E-state index in [0.717, 1.165) is 4.57 Å². The Morgan fingerprint density at radius 1 is 1.19 bits per heavy atom. The summed E-state index contributed by atoms with van der Waals surface area (Å²) in [4.78, 5) is 57.8. The molecule has 0 amide bonds. The van der Waals surface area contributed by atoms with Crippen LogP contribution in [-0.4, -0.2) is 76.6 Å². The first-order valence-corrected chi connectivity index (χ1v) is 14.4. The predicted octanol–water partition coefficient (Wildman–Crippen LogP) is -1.59. The van der Waals surface area contributed by atoms with Crippen LogP contribution in [0.4, 0.5) is 0 Å². The van der Waals surface area contributed by atoms with Crippen LogP contribution < -0.4 is 21.0 Å². The van der Waals surface area contributed by atoms with Gasteiger partial charge in [-0.2, -0.15) is 0 Å². The average molecular weight is 696 g/mol. The van der Waals surface area contributed by atoms with E-state index in [1.165, 1.54) is 13.3 Å².